The molecule has 3 rings (SSSR count). The zero-order valence-corrected chi connectivity index (χ0v) is 15.5. The number of hydrogen-bond acceptors (Lipinski definition) is 5. The molecule has 0 aliphatic carbocycles. The number of nitrogens with one attached hydrogen (secondary N) is 2. The number of carbonyl (C=O) groups is 2. The molecule has 8 heteroatoms. The van der Waals surface area contributed by atoms with Crippen LogP contribution in [0.5, 0.6) is 11.5 Å². The van der Waals surface area contributed by atoms with E-state index in [1.165, 1.54) is 0 Å². The van der Waals surface area contributed by atoms with E-state index in [0.29, 0.717) is 61.0 Å². The molecule has 0 bridgehead atoms. The zero-order chi connectivity index (χ0) is 18.4. The lowest BCUT2D eigenvalue weighted by molar-refractivity contribution is -0.116. The van der Waals surface area contributed by atoms with Crippen molar-refractivity contribution in [1.82, 2.24) is 0 Å². The number of para-hydroxylation sites is 1. The highest BCUT2D eigenvalue weighted by Crippen LogP contribution is 2.32. The third-order valence-corrected chi connectivity index (χ3v) is 3.85. The predicted molar refractivity (Wildman–Crippen MR) is 106 cm³/mol. The Balaban J connectivity index is 0.00000261. The van der Waals surface area contributed by atoms with E-state index >= 15 is 0 Å². The molecule has 0 atom stereocenters. The molecule has 0 aromatic heterocycles. The smallest absolute Gasteiger partial charge is 0.257 e. The first-order chi connectivity index (χ1) is 12.7. The van der Waals surface area contributed by atoms with E-state index in [4.69, 9.17) is 15.2 Å². The van der Waals surface area contributed by atoms with Gasteiger partial charge in [-0.15, -0.1) is 12.4 Å². The Morgan fingerprint density at radius 2 is 1.74 bits per heavy atom. The normalized spacial score (nSPS) is 11.9. The zero-order valence-electron chi connectivity index (χ0n) is 14.7. The van der Waals surface area contributed by atoms with Crippen LogP contribution < -0.4 is 25.8 Å². The highest BCUT2D eigenvalue weighted by atomic mass is 35.5. The van der Waals surface area contributed by atoms with Crippen molar-refractivity contribution < 1.29 is 19.1 Å². The van der Waals surface area contributed by atoms with Gasteiger partial charge in [-0.05, 0) is 37.2 Å². The molecule has 1 heterocycles. The van der Waals surface area contributed by atoms with Gasteiger partial charge in [0, 0.05) is 18.2 Å². The van der Waals surface area contributed by atoms with Crippen LogP contribution in [-0.2, 0) is 4.79 Å². The molecule has 0 saturated heterocycles. The van der Waals surface area contributed by atoms with Gasteiger partial charge in [-0.25, -0.2) is 0 Å². The molecule has 7 nitrogen and oxygen atoms in total. The largest absolute Gasteiger partial charge is 0.486 e. The molecule has 1 aliphatic heterocycles. The lowest BCUT2D eigenvalue weighted by Gasteiger charge is -2.19. The molecule has 144 valence electrons. The Morgan fingerprint density at radius 3 is 2.52 bits per heavy atom. The number of nitrogens with two attached hydrogens (primary N) is 1. The second-order valence-corrected chi connectivity index (χ2v) is 5.80. The van der Waals surface area contributed by atoms with Crippen molar-refractivity contribution in [2.24, 2.45) is 5.73 Å². The number of carbonyl (C=O) groups excluding carboxylic acids is 2. The van der Waals surface area contributed by atoms with Crippen molar-refractivity contribution >= 4 is 35.6 Å². The number of hydrogen-bond donors (Lipinski definition) is 3. The minimum atomic E-state index is -0.323. The third kappa shape index (κ3) is 5.35. The molecule has 0 fully saturated rings. The Morgan fingerprint density at radius 1 is 1.00 bits per heavy atom. The first-order valence-corrected chi connectivity index (χ1v) is 8.47. The predicted octanol–water partition coefficient (Wildman–Crippen LogP) is 2.81. The third-order valence-electron chi connectivity index (χ3n) is 3.85. The Bertz CT molecular complexity index is 813. The molecule has 2 amide bonds. The van der Waals surface area contributed by atoms with Gasteiger partial charge < -0.3 is 25.8 Å². The average Bonchev–Trinajstić information content (AvgIpc) is 2.66. The molecular weight excluding hydrogens is 370 g/mol. The second-order valence-electron chi connectivity index (χ2n) is 5.80. The molecule has 27 heavy (non-hydrogen) atoms. The van der Waals surface area contributed by atoms with E-state index in [0.717, 1.165) is 0 Å². The Labute approximate surface area is 163 Å². The van der Waals surface area contributed by atoms with Gasteiger partial charge in [0.25, 0.3) is 5.91 Å². The summed E-state index contributed by atoms with van der Waals surface area (Å²) in [5.41, 5.74) is 6.85. The maximum Gasteiger partial charge on any atom is 0.257 e. The van der Waals surface area contributed by atoms with E-state index < -0.39 is 0 Å². The monoisotopic (exact) mass is 391 g/mol. The van der Waals surface area contributed by atoms with Crippen LogP contribution in [0.3, 0.4) is 0 Å². The van der Waals surface area contributed by atoms with Crippen molar-refractivity contribution in [1.29, 1.82) is 0 Å². The minimum absolute atomic E-state index is 0. The minimum Gasteiger partial charge on any atom is -0.486 e. The van der Waals surface area contributed by atoms with Crippen LogP contribution in [0.4, 0.5) is 11.4 Å². The molecule has 2 aromatic carbocycles. The number of benzene rings is 2. The van der Waals surface area contributed by atoms with Gasteiger partial charge in [0.1, 0.15) is 13.2 Å². The lowest BCUT2D eigenvalue weighted by Crippen LogP contribution is -2.19. The van der Waals surface area contributed by atoms with E-state index in [9.17, 15) is 9.59 Å². The first kappa shape index (κ1) is 20.5. The van der Waals surface area contributed by atoms with Crippen LogP contribution >= 0.6 is 12.4 Å². The topological polar surface area (TPSA) is 103 Å². The van der Waals surface area contributed by atoms with E-state index in [2.05, 4.69) is 10.6 Å². The fourth-order valence-electron chi connectivity index (χ4n) is 2.58. The Hall–Kier alpha value is -2.77. The molecule has 1 aliphatic rings. The van der Waals surface area contributed by atoms with Gasteiger partial charge in [0.2, 0.25) is 5.91 Å². The van der Waals surface area contributed by atoms with Gasteiger partial charge in [-0.3, -0.25) is 9.59 Å². The summed E-state index contributed by atoms with van der Waals surface area (Å²) in [7, 11) is 0. The lowest BCUT2D eigenvalue weighted by atomic mass is 10.1. The van der Waals surface area contributed by atoms with Crippen LogP contribution in [0.15, 0.2) is 42.5 Å². The molecule has 0 saturated carbocycles. The number of amides is 2. The number of ether oxygens (including phenoxy) is 2. The summed E-state index contributed by atoms with van der Waals surface area (Å²) in [6, 6.07) is 12.1. The standard InChI is InChI=1S/C19H21N3O4.ClH/c20-9-3-6-18(23)22-15-5-2-1-4-14(15)19(24)21-13-7-8-16-17(12-13)26-11-10-25-16;/h1-2,4-5,7-8,12H,3,6,9-11,20H2,(H,21,24)(H,22,23);1H. The van der Waals surface area contributed by atoms with Crippen LogP contribution in [0.2, 0.25) is 0 Å². The van der Waals surface area contributed by atoms with Gasteiger partial charge in [-0.2, -0.15) is 0 Å². The van der Waals surface area contributed by atoms with Crippen LogP contribution in [0.1, 0.15) is 23.2 Å². The molecule has 0 spiro atoms. The molecule has 4 N–H and O–H groups in total. The van der Waals surface area contributed by atoms with Gasteiger partial charge in [0.15, 0.2) is 11.5 Å². The second kappa shape index (κ2) is 9.80. The summed E-state index contributed by atoms with van der Waals surface area (Å²) in [6.45, 7) is 1.43. The summed E-state index contributed by atoms with van der Waals surface area (Å²) in [5.74, 6) is 0.755. The molecule has 2 aromatic rings. The highest BCUT2D eigenvalue weighted by molar-refractivity contribution is 6.10. The summed E-state index contributed by atoms with van der Waals surface area (Å²) in [4.78, 5) is 24.6. The maximum absolute atomic E-state index is 12.6. The SMILES string of the molecule is Cl.NCCCC(=O)Nc1ccccc1C(=O)Nc1ccc2c(c1)OCCO2. The van der Waals surface area contributed by atoms with Gasteiger partial charge >= 0.3 is 0 Å². The first-order valence-electron chi connectivity index (χ1n) is 8.47. The van der Waals surface area contributed by atoms with E-state index in [1.54, 1.807) is 42.5 Å². The average molecular weight is 392 g/mol. The van der Waals surface area contributed by atoms with Gasteiger partial charge in [0.05, 0.1) is 11.3 Å². The van der Waals surface area contributed by atoms with E-state index in [-0.39, 0.29) is 24.2 Å². The number of anilines is 2. The Kier molecular flexibility index (Phi) is 7.45. The van der Waals surface area contributed by atoms with Crippen molar-refractivity contribution in [3.63, 3.8) is 0 Å². The van der Waals surface area contributed by atoms with Crippen molar-refractivity contribution in [2.75, 3.05) is 30.4 Å². The summed E-state index contributed by atoms with van der Waals surface area (Å²) >= 11 is 0. The number of rotatable bonds is 6. The molecule has 0 unspecified atom stereocenters. The van der Waals surface area contributed by atoms with Gasteiger partial charge in [-0.1, -0.05) is 12.1 Å². The summed E-state index contributed by atoms with van der Waals surface area (Å²) in [6.07, 6.45) is 0.909. The number of halogens is 1. The van der Waals surface area contributed by atoms with Crippen molar-refractivity contribution in [3.05, 3.63) is 48.0 Å². The quantitative estimate of drug-likeness (QED) is 0.702. The van der Waals surface area contributed by atoms with Crippen LogP contribution in [0, 0.1) is 0 Å². The van der Waals surface area contributed by atoms with Crippen molar-refractivity contribution in [2.45, 2.75) is 12.8 Å². The summed E-state index contributed by atoms with van der Waals surface area (Å²) < 4.78 is 11.0. The number of fused-ring (bicyclic) bond motifs is 1. The van der Waals surface area contributed by atoms with E-state index in [1.807, 2.05) is 0 Å². The fraction of sp³-hybridized carbons (Fsp3) is 0.263. The van der Waals surface area contributed by atoms with Crippen LogP contribution in [-0.4, -0.2) is 31.6 Å². The van der Waals surface area contributed by atoms with Crippen molar-refractivity contribution in [3.8, 4) is 11.5 Å². The molecule has 0 radical (unpaired) electrons. The molecular formula is C19H22ClN3O4. The highest BCUT2D eigenvalue weighted by Gasteiger charge is 2.16. The summed E-state index contributed by atoms with van der Waals surface area (Å²) in [5, 5.41) is 5.58. The fourth-order valence-corrected chi connectivity index (χ4v) is 2.58. The van der Waals surface area contributed by atoms with Crippen LogP contribution in [0.25, 0.3) is 0 Å². The maximum atomic E-state index is 12.6.